The van der Waals surface area contributed by atoms with Crippen molar-refractivity contribution in [3.05, 3.63) is 65.2 Å². The molecule has 0 aromatic heterocycles. The standard InChI is InChI=1S/C25H35N3O2/c1-7-28(8-2)24(30)20-11-15-22(16-12-20)26-23(29)18-27(6)17-19-9-13-21(14-10-19)25(3,4)5/h9-16H,7-8,17-18H2,1-6H3,(H,26,29). The molecule has 0 bridgehead atoms. The molecule has 0 spiro atoms. The van der Waals surface area contributed by atoms with Crippen molar-refractivity contribution < 1.29 is 9.59 Å². The van der Waals surface area contributed by atoms with Crippen molar-refractivity contribution in [2.24, 2.45) is 0 Å². The van der Waals surface area contributed by atoms with E-state index in [2.05, 4.69) is 50.4 Å². The highest BCUT2D eigenvalue weighted by Gasteiger charge is 2.14. The highest BCUT2D eigenvalue weighted by atomic mass is 16.2. The maximum absolute atomic E-state index is 12.4. The van der Waals surface area contributed by atoms with Gasteiger partial charge in [0.05, 0.1) is 6.54 Å². The molecule has 2 rings (SSSR count). The summed E-state index contributed by atoms with van der Waals surface area (Å²) in [6.07, 6.45) is 0. The van der Waals surface area contributed by atoms with Gasteiger partial charge in [-0.1, -0.05) is 45.0 Å². The Kier molecular flexibility index (Phi) is 8.18. The average Bonchev–Trinajstić information content (AvgIpc) is 2.69. The van der Waals surface area contributed by atoms with Crippen molar-refractivity contribution in [2.75, 3.05) is 32.0 Å². The molecular weight excluding hydrogens is 374 g/mol. The summed E-state index contributed by atoms with van der Waals surface area (Å²) in [5.74, 6) is -0.0679. The molecule has 30 heavy (non-hydrogen) atoms. The smallest absolute Gasteiger partial charge is 0.253 e. The van der Waals surface area contributed by atoms with Gasteiger partial charge in [-0.25, -0.2) is 0 Å². The topological polar surface area (TPSA) is 52.7 Å². The lowest BCUT2D eigenvalue weighted by molar-refractivity contribution is -0.117. The number of nitrogens with one attached hydrogen (secondary N) is 1. The summed E-state index contributed by atoms with van der Waals surface area (Å²) in [4.78, 5) is 28.5. The Morgan fingerprint density at radius 2 is 1.47 bits per heavy atom. The van der Waals surface area contributed by atoms with Crippen molar-refractivity contribution in [1.29, 1.82) is 0 Å². The summed E-state index contributed by atoms with van der Waals surface area (Å²) in [5.41, 5.74) is 3.94. The van der Waals surface area contributed by atoms with Gasteiger partial charge in [0, 0.05) is 30.9 Å². The molecular formula is C25H35N3O2. The van der Waals surface area contributed by atoms with Crippen LogP contribution in [-0.2, 0) is 16.8 Å². The van der Waals surface area contributed by atoms with Crippen molar-refractivity contribution in [1.82, 2.24) is 9.80 Å². The average molecular weight is 410 g/mol. The molecule has 0 radical (unpaired) electrons. The molecule has 0 fully saturated rings. The summed E-state index contributed by atoms with van der Waals surface area (Å²) in [5, 5.41) is 2.91. The molecule has 0 saturated heterocycles. The van der Waals surface area contributed by atoms with Crippen LogP contribution in [0.5, 0.6) is 0 Å². The van der Waals surface area contributed by atoms with Crippen LogP contribution in [0.15, 0.2) is 48.5 Å². The summed E-state index contributed by atoms with van der Waals surface area (Å²) in [6.45, 7) is 12.9. The molecule has 0 atom stereocenters. The highest BCUT2D eigenvalue weighted by molar-refractivity contribution is 5.96. The Morgan fingerprint density at radius 1 is 0.900 bits per heavy atom. The van der Waals surface area contributed by atoms with E-state index in [1.165, 1.54) is 11.1 Å². The maximum atomic E-state index is 12.4. The Bertz CT molecular complexity index is 832. The van der Waals surface area contributed by atoms with Crippen LogP contribution in [0.25, 0.3) is 0 Å². The van der Waals surface area contributed by atoms with E-state index in [1.54, 1.807) is 29.2 Å². The number of benzene rings is 2. The summed E-state index contributed by atoms with van der Waals surface area (Å²) < 4.78 is 0. The van der Waals surface area contributed by atoms with Gasteiger partial charge >= 0.3 is 0 Å². The van der Waals surface area contributed by atoms with Gasteiger partial charge in [0.2, 0.25) is 5.91 Å². The van der Waals surface area contributed by atoms with Gasteiger partial charge in [0.1, 0.15) is 0 Å². The number of hydrogen-bond donors (Lipinski definition) is 1. The molecule has 0 aliphatic heterocycles. The van der Waals surface area contributed by atoms with Gasteiger partial charge < -0.3 is 10.2 Å². The van der Waals surface area contributed by atoms with E-state index < -0.39 is 0 Å². The minimum atomic E-state index is -0.0772. The third-order valence-electron chi connectivity index (χ3n) is 5.15. The van der Waals surface area contributed by atoms with Crippen molar-refractivity contribution in [2.45, 2.75) is 46.6 Å². The van der Waals surface area contributed by atoms with Gasteiger partial charge in [-0.15, -0.1) is 0 Å². The van der Waals surface area contributed by atoms with Gasteiger partial charge in [-0.3, -0.25) is 14.5 Å². The lowest BCUT2D eigenvalue weighted by atomic mass is 9.87. The number of hydrogen-bond acceptors (Lipinski definition) is 3. The Hall–Kier alpha value is -2.66. The van der Waals surface area contributed by atoms with Crippen LogP contribution in [0.4, 0.5) is 5.69 Å². The zero-order valence-electron chi connectivity index (χ0n) is 19.2. The van der Waals surface area contributed by atoms with Crippen LogP contribution in [0.3, 0.4) is 0 Å². The first-order chi connectivity index (χ1) is 14.1. The number of carbonyl (C=O) groups is 2. The molecule has 0 unspecified atom stereocenters. The second-order valence-electron chi connectivity index (χ2n) is 8.72. The number of anilines is 1. The number of carbonyl (C=O) groups excluding carboxylic acids is 2. The number of rotatable bonds is 8. The quantitative estimate of drug-likeness (QED) is 0.697. The van der Waals surface area contributed by atoms with Gasteiger partial charge in [0.15, 0.2) is 0 Å². The van der Waals surface area contributed by atoms with E-state index in [9.17, 15) is 9.59 Å². The lowest BCUT2D eigenvalue weighted by Gasteiger charge is -2.20. The monoisotopic (exact) mass is 409 g/mol. The maximum Gasteiger partial charge on any atom is 0.253 e. The molecule has 0 heterocycles. The molecule has 5 heteroatoms. The molecule has 1 N–H and O–H groups in total. The van der Waals surface area contributed by atoms with E-state index in [0.29, 0.717) is 37.4 Å². The molecule has 2 amide bonds. The molecule has 0 saturated carbocycles. The van der Waals surface area contributed by atoms with E-state index in [1.807, 2.05) is 25.8 Å². The molecule has 0 aliphatic carbocycles. The predicted molar refractivity (Wildman–Crippen MR) is 124 cm³/mol. The summed E-state index contributed by atoms with van der Waals surface area (Å²) >= 11 is 0. The fraction of sp³-hybridized carbons (Fsp3) is 0.440. The van der Waals surface area contributed by atoms with Gasteiger partial charge in [-0.2, -0.15) is 0 Å². The van der Waals surface area contributed by atoms with Crippen LogP contribution < -0.4 is 5.32 Å². The van der Waals surface area contributed by atoms with Crippen LogP contribution in [-0.4, -0.2) is 48.3 Å². The summed E-state index contributed by atoms with van der Waals surface area (Å²) in [7, 11) is 1.93. The van der Waals surface area contributed by atoms with Crippen LogP contribution in [0, 0.1) is 0 Å². The zero-order chi connectivity index (χ0) is 22.3. The predicted octanol–water partition coefficient (Wildman–Crippen LogP) is 4.54. The Balaban J connectivity index is 1.88. The minimum Gasteiger partial charge on any atom is -0.339 e. The zero-order valence-corrected chi connectivity index (χ0v) is 19.2. The van der Waals surface area contributed by atoms with Gasteiger partial charge in [0.25, 0.3) is 5.91 Å². The fourth-order valence-corrected chi connectivity index (χ4v) is 3.31. The Labute approximate surface area is 181 Å². The normalized spacial score (nSPS) is 11.4. The van der Waals surface area contributed by atoms with Crippen molar-refractivity contribution in [3.8, 4) is 0 Å². The molecule has 0 aliphatic rings. The van der Waals surface area contributed by atoms with E-state index >= 15 is 0 Å². The first-order valence-corrected chi connectivity index (χ1v) is 10.6. The number of likely N-dealkylation sites (N-methyl/N-ethyl adjacent to an activating group) is 1. The Morgan fingerprint density at radius 3 is 1.97 bits per heavy atom. The van der Waals surface area contributed by atoms with E-state index in [-0.39, 0.29) is 17.2 Å². The second-order valence-corrected chi connectivity index (χ2v) is 8.72. The molecule has 2 aromatic rings. The van der Waals surface area contributed by atoms with Crippen LogP contribution >= 0.6 is 0 Å². The third-order valence-corrected chi connectivity index (χ3v) is 5.15. The largest absolute Gasteiger partial charge is 0.339 e. The van der Waals surface area contributed by atoms with E-state index in [4.69, 9.17) is 0 Å². The first kappa shape index (κ1) is 23.6. The number of nitrogens with zero attached hydrogens (tertiary/aromatic N) is 2. The van der Waals surface area contributed by atoms with Crippen molar-refractivity contribution >= 4 is 17.5 Å². The highest BCUT2D eigenvalue weighted by Crippen LogP contribution is 2.22. The van der Waals surface area contributed by atoms with Crippen LogP contribution in [0.1, 0.15) is 56.1 Å². The molecule has 5 nitrogen and oxygen atoms in total. The third kappa shape index (κ3) is 6.70. The van der Waals surface area contributed by atoms with E-state index in [0.717, 1.165) is 0 Å². The SMILES string of the molecule is CCN(CC)C(=O)c1ccc(NC(=O)CN(C)Cc2ccc(C(C)(C)C)cc2)cc1. The lowest BCUT2D eigenvalue weighted by Crippen LogP contribution is -2.30. The molecule has 2 aromatic carbocycles. The van der Waals surface area contributed by atoms with Gasteiger partial charge in [-0.05, 0) is 61.7 Å². The number of amides is 2. The molecule has 162 valence electrons. The van der Waals surface area contributed by atoms with Crippen molar-refractivity contribution in [3.63, 3.8) is 0 Å². The van der Waals surface area contributed by atoms with Crippen LogP contribution in [0.2, 0.25) is 0 Å². The first-order valence-electron chi connectivity index (χ1n) is 10.6. The summed E-state index contributed by atoms with van der Waals surface area (Å²) in [6, 6.07) is 15.6. The fourth-order valence-electron chi connectivity index (χ4n) is 3.31. The second kappa shape index (κ2) is 10.4. The minimum absolute atomic E-state index is 0.00934.